The fourth-order valence-electron chi connectivity index (χ4n) is 1.02. The van der Waals surface area contributed by atoms with Crippen LogP contribution < -0.4 is 5.76 Å². The molecular formula is C8H6NO2. The summed E-state index contributed by atoms with van der Waals surface area (Å²) in [7, 11) is 1.67. The molecular weight excluding hydrogens is 142 g/mol. The lowest BCUT2D eigenvalue weighted by Gasteiger charge is -1.86. The van der Waals surface area contributed by atoms with Crippen molar-refractivity contribution in [3.05, 3.63) is 34.8 Å². The predicted molar refractivity (Wildman–Crippen MR) is 40.3 cm³/mol. The zero-order chi connectivity index (χ0) is 7.84. The van der Waals surface area contributed by atoms with Crippen LogP contribution in [0.15, 0.2) is 27.4 Å². The first-order valence-electron chi connectivity index (χ1n) is 3.24. The van der Waals surface area contributed by atoms with Crippen molar-refractivity contribution in [1.82, 2.24) is 4.57 Å². The topological polar surface area (TPSA) is 35.1 Å². The molecule has 2 rings (SSSR count). The molecule has 0 bridgehead atoms. The summed E-state index contributed by atoms with van der Waals surface area (Å²) in [5.41, 5.74) is 1.38. The van der Waals surface area contributed by atoms with Crippen molar-refractivity contribution < 1.29 is 4.42 Å². The summed E-state index contributed by atoms with van der Waals surface area (Å²) in [6, 6.07) is 8.02. The minimum atomic E-state index is -0.334. The molecule has 11 heavy (non-hydrogen) atoms. The molecule has 3 nitrogen and oxygen atoms in total. The van der Waals surface area contributed by atoms with Gasteiger partial charge in [0.2, 0.25) is 0 Å². The highest BCUT2D eigenvalue weighted by Gasteiger charge is 2.02. The third-order valence-electron chi connectivity index (χ3n) is 1.64. The van der Waals surface area contributed by atoms with Gasteiger partial charge in [-0.3, -0.25) is 4.57 Å². The Hall–Kier alpha value is -1.51. The van der Waals surface area contributed by atoms with Gasteiger partial charge in [-0.1, -0.05) is 6.07 Å². The fourth-order valence-corrected chi connectivity index (χ4v) is 1.02. The van der Waals surface area contributed by atoms with Crippen molar-refractivity contribution >= 4 is 11.1 Å². The Morgan fingerprint density at radius 3 is 3.18 bits per heavy atom. The number of benzene rings is 1. The lowest BCUT2D eigenvalue weighted by molar-refractivity contribution is 0.528. The number of fused-ring (bicyclic) bond motifs is 1. The Kier molecular flexibility index (Phi) is 1.12. The van der Waals surface area contributed by atoms with E-state index in [2.05, 4.69) is 6.07 Å². The van der Waals surface area contributed by atoms with Gasteiger partial charge in [0.05, 0.1) is 5.52 Å². The Morgan fingerprint density at radius 1 is 1.64 bits per heavy atom. The molecule has 0 amide bonds. The van der Waals surface area contributed by atoms with Gasteiger partial charge < -0.3 is 4.42 Å². The number of oxazole rings is 1. The van der Waals surface area contributed by atoms with E-state index >= 15 is 0 Å². The molecule has 1 heterocycles. The molecule has 0 unspecified atom stereocenters. The van der Waals surface area contributed by atoms with Crippen molar-refractivity contribution in [1.29, 1.82) is 0 Å². The number of aromatic nitrogens is 1. The van der Waals surface area contributed by atoms with E-state index in [0.29, 0.717) is 5.58 Å². The molecule has 0 spiro atoms. The van der Waals surface area contributed by atoms with Gasteiger partial charge in [0.1, 0.15) is 0 Å². The Labute approximate surface area is 62.9 Å². The Bertz CT molecular complexity index is 439. The summed E-state index contributed by atoms with van der Waals surface area (Å²) in [4.78, 5) is 10.9. The van der Waals surface area contributed by atoms with Crippen LogP contribution in [0.2, 0.25) is 0 Å². The van der Waals surface area contributed by atoms with E-state index in [-0.39, 0.29) is 5.76 Å². The molecule has 0 saturated carbocycles. The van der Waals surface area contributed by atoms with E-state index in [1.165, 1.54) is 4.57 Å². The number of hydrogen-bond donors (Lipinski definition) is 0. The van der Waals surface area contributed by atoms with Crippen molar-refractivity contribution in [2.75, 3.05) is 0 Å². The predicted octanol–water partition coefficient (Wildman–Crippen LogP) is 0.932. The highest BCUT2D eigenvalue weighted by Crippen LogP contribution is 2.08. The largest absolute Gasteiger partial charge is 0.419 e. The van der Waals surface area contributed by atoms with Crippen molar-refractivity contribution in [3.8, 4) is 0 Å². The fraction of sp³-hybridized carbons (Fsp3) is 0.125. The van der Waals surface area contributed by atoms with Gasteiger partial charge in [0.25, 0.3) is 0 Å². The second kappa shape index (κ2) is 1.99. The van der Waals surface area contributed by atoms with Crippen molar-refractivity contribution in [2.45, 2.75) is 0 Å². The number of nitrogens with zero attached hydrogens (tertiary/aromatic N) is 1. The number of hydrogen-bond acceptors (Lipinski definition) is 2. The van der Waals surface area contributed by atoms with Gasteiger partial charge in [-0.15, -0.1) is 0 Å². The molecule has 0 aliphatic rings. The molecule has 55 valence electrons. The average Bonchev–Trinajstić information content (AvgIpc) is 2.30. The molecule has 1 radical (unpaired) electrons. The summed E-state index contributed by atoms with van der Waals surface area (Å²) in [5.74, 6) is -0.334. The number of aryl methyl sites for hydroxylation is 1. The first-order valence-corrected chi connectivity index (χ1v) is 3.24. The second-order valence-electron chi connectivity index (χ2n) is 2.32. The summed E-state index contributed by atoms with van der Waals surface area (Å²) in [6.07, 6.45) is 0. The molecule has 0 aliphatic heterocycles. The molecule has 3 heteroatoms. The van der Waals surface area contributed by atoms with E-state index in [4.69, 9.17) is 4.42 Å². The summed E-state index contributed by atoms with van der Waals surface area (Å²) in [5, 5.41) is 0. The van der Waals surface area contributed by atoms with Crippen LogP contribution in [0.4, 0.5) is 0 Å². The minimum absolute atomic E-state index is 0.334. The Morgan fingerprint density at radius 2 is 2.45 bits per heavy atom. The molecule has 2 aromatic rings. The lowest BCUT2D eigenvalue weighted by Crippen LogP contribution is -2.08. The van der Waals surface area contributed by atoms with Gasteiger partial charge in [0, 0.05) is 7.05 Å². The maximum atomic E-state index is 10.9. The van der Waals surface area contributed by atoms with Crippen LogP contribution in [0, 0.1) is 6.07 Å². The van der Waals surface area contributed by atoms with Gasteiger partial charge >= 0.3 is 5.76 Å². The van der Waals surface area contributed by atoms with Crippen LogP contribution in [-0.4, -0.2) is 4.57 Å². The molecule has 0 fully saturated rings. The lowest BCUT2D eigenvalue weighted by atomic mass is 10.3. The highest BCUT2D eigenvalue weighted by molar-refractivity contribution is 5.72. The summed E-state index contributed by atoms with van der Waals surface area (Å²) >= 11 is 0. The molecule has 0 saturated heterocycles. The summed E-state index contributed by atoms with van der Waals surface area (Å²) < 4.78 is 6.34. The molecule has 1 aromatic heterocycles. The standard InChI is InChI=1S/C8H6NO2/c1-9-6-4-2-3-5-7(6)11-8(9)10/h3-5H,1H3. The minimum Gasteiger partial charge on any atom is -0.408 e. The second-order valence-corrected chi connectivity index (χ2v) is 2.32. The molecule has 1 aromatic carbocycles. The van der Waals surface area contributed by atoms with Crippen LogP contribution in [0.3, 0.4) is 0 Å². The molecule has 0 atom stereocenters. The van der Waals surface area contributed by atoms with Gasteiger partial charge in [-0.2, -0.15) is 0 Å². The molecule has 0 N–H and O–H groups in total. The third kappa shape index (κ3) is 0.774. The number of rotatable bonds is 0. The third-order valence-corrected chi connectivity index (χ3v) is 1.64. The van der Waals surface area contributed by atoms with Crippen LogP contribution in [0.5, 0.6) is 0 Å². The SMILES string of the molecule is Cn1c(=O)oc2cc[c]cc21. The van der Waals surface area contributed by atoms with Gasteiger partial charge in [-0.05, 0) is 18.2 Å². The quantitative estimate of drug-likeness (QED) is 0.557. The average molecular weight is 148 g/mol. The van der Waals surface area contributed by atoms with Crippen LogP contribution >= 0.6 is 0 Å². The first-order chi connectivity index (χ1) is 5.29. The molecule has 0 aliphatic carbocycles. The summed E-state index contributed by atoms with van der Waals surface area (Å²) in [6.45, 7) is 0. The Balaban J connectivity index is 3.04. The highest BCUT2D eigenvalue weighted by atomic mass is 16.4. The first kappa shape index (κ1) is 6.22. The van der Waals surface area contributed by atoms with Gasteiger partial charge in [-0.25, -0.2) is 4.79 Å². The normalized spacial score (nSPS) is 10.6. The van der Waals surface area contributed by atoms with E-state index in [1.54, 1.807) is 25.2 Å². The monoisotopic (exact) mass is 148 g/mol. The maximum Gasteiger partial charge on any atom is 0.419 e. The van der Waals surface area contributed by atoms with Gasteiger partial charge in [0.15, 0.2) is 5.58 Å². The van der Waals surface area contributed by atoms with E-state index in [1.807, 2.05) is 0 Å². The van der Waals surface area contributed by atoms with E-state index in [0.717, 1.165) is 5.52 Å². The van der Waals surface area contributed by atoms with Crippen LogP contribution in [0.1, 0.15) is 0 Å². The van der Waals surface area contributed by atoms with Crippen molar-refractivity contribution in [2.24, 2.45) is 7.05 Å². The van der Waals surface area contributed by atoms with Crippen LogP contribution in [0.25, 0.3) is 11.1 Å². The van der Waals surface area contributed by atoms with E-state index < -0.39 is 0 Å². The van der Waals surface area contributed by atoms with Crippen molar-refractivity contribution in [3.63, 3.8) is 0 Å². The van der Waals surface area contributed by atoms with E-state index in [9.17, 15) is 4.79 Å². The van der Waals surface area contributed by atoms with Crippen LogP contribution in [-0.2, 0) is 7.05 Å². The smallest absolute Gasteiger partial charge is 0.408 e. The zero-order valence-corrected chi connectivity index (χ0v) is 6.00. The maximum absolute atomic E-state index is 10.9. The zero-order valence-electron chi connectivity index (χ0n) is 6.00.